The van der Waals surface area contributed by atoms with Crippen LogP contribution in [0.4, 0.5) is 0 Å². The lowest BCUT2D eigenvalue weighted by molar-refractivity contribution is 0.364. The van der Waals surface area contributed by atoms with Crippen LogP contribution in [-0.2, 0) is 5.88 Å². The Morgan fingerprint density at radius 2 is 2.23 bits per heavy atom. The molecule has 1 rings (SSSR count). The van der Waals surface area contributed by atoms with Crippen LogP contribution < -0.4 is 0 Å². The van der Waals surface area contributed by atoms with Gasteiger partial charge in [0.15, 0.2) is 0 Å². The summed E-state index contributed by atoms with van der Waals surface area (Å²) >= 11 is 5.80. The molecule has 1 heterocycles. The van der Waals surface area contributed by atoms with Gasteiger partial charge in [0.2, 0.25) is 0 Å². The van der Waals surface area contributed by atoms with Gasteiger partial charge in [0.1, 0.15) is 0 Å². The molecule has 0 bridgehead atoms. The highest BCUT2D eigenvalue weighted by Gasteiger charge is 2.14. The number of hydrogen-bond donors (Lipinski definition) is 0. The van der Waals surface area contributed by atoms with Gasteiger partial charge in [-0.15, -0.1) is 11.6 Å². The fourth-order valence-electron chi connectivity index (χ4n) is 1.42. The summed E-state index contributed by atoms with van der Waals surface area (Å²) in [6.07, 6.45) is 4.89. The number of halogens is 1. The Labute approximate surface area is 84.9 Å². The molecule has 0 fully saturated rings. The van der Waals surface area contributed by atoms with Crippen LogP contribution >= 0.6 is 11.6 Å². The Hall–Kier alpha value is -0.500. The zero-order chi connectivity index (χ0) is 9.84. The summed E-state index contributed by atoms with van der Waals surface area (Å²) in [6.45, 7) is 6.67. The van der Waals surface area contributed by atoms with Crippen molar-refractivity contribution in [2.75, 3.05) is 0 Å². The molecule has 74 valence electrons. The van der Waals surface area contributed by atoms with E-state index in [4.69, 9.17) is 11.6 Å². The molecule has 0 aliphatic heterocycles. The molecular weight excluding hydrogens is 184 g/mol. The summed E-state index contributed by atoms with van der Waals surface area (Å²) in [4.78, 5) is 4.11. The van der Waals surface area contributed by atoms with E-state index in [2.05, 4.69) is 30.3 Å². The van der Waals surface area contributed by atoms with Crippen molar-refractivity contribution in [1.82, 2.24) is 9.55 Å². The summed E-state index contributed by atoms with van der Waals surface area (Å²) in [5, 5.41) is 0. The molecule has 0 saturated carbocycles. The molecule has 0 spiro atoms. The van der Waals surface area contributed by atoms with E-state index in [0.717, 1.165) is 5.69 Å². The third-order valence-electron chi connectivity index (χ3n) is 2.79. The van der Waals surface area contributed by atoms with Crippen LogP contribution in [0.1, 0.15) is 38.9 Å². The van der Waals surface area contributed by atoms with Gasteiger partial charge in [-0.05, 0) is 12.8 Å². The van der Waals surface area contributed by atoms with Crippen LogP contribution in [-0.4, -0.2) is 9.55 Å². The molecule has 0 aromatic carbocycles. The summed E-state index contributed by atoms with van der Waals surface area (Å²) in [5.74, 6) is 1.21. The van der Waals surface area contributed by atoms with Crippen LogP contribution in [0, 0.1) is 5.92 Å². The number of rotatable bonds is 4. The predicted molar refractivity (Wildman–Crippen MR) is 56.0 cm³/mol. The molecule has 2 unspecified atom stereocenters. The molecule has 13 heavy (non-hydrogen) atoms. The fraction of sp³-hybridized carbons (Fsp3) is 0.700. The lowest BCUT2D eigenvalue weighted by Gasteiger charge is -2.21. The standard InChI is InChI=1S/C10H17ClN2/c1-4-8(2)9(3)13-7-12-6-10(13)5-11/h6-9H,4-5H2,1-3H3. The summed E-state index contributed by atoms with van der Waals surface area (Å²) in [6, 6.07) is 0.487. The molecule has 0 N–H and O–H groups in total. The Kier molecular flexibility index (Phi) is 3.79. The highest BCUT2D eigenvalue weighted by atomic mass is 35.5. The van der Waals surface area contributed by atoms with E-state index in [1.165, 1.54) is 6.42 Å². The van der Waals surface area contributed by atoms with Crippen molar-refractivity contribution >= 4 is 11.6 Å². The molecular formula is C10H17ClN2. The summed E-state index contributed by atoms with van der Waals surface area (Å²) in [7, 11) is 0. The molecule has 0 aliphatic carbocycles. The van der Waals surface area contributed by atoms with Gasteiger partial charge >= 0.3 is 0 Å². The van der Waals surface area contributed by atoms with E-state index in [0.29, 0.717) is 17.8 Å². The fourth-order valence-corrected chi connectivity index (χ4v) is 1.62. The molecule has 0 saturated heterocycles. The second-order valence-corrected chi connectivity index (χ2v) is 3.82. The van der Waals surface area contributed by atoms with Gasteiger partial charge in [-0.1, -0.05) is 20.3 Å². The quantitative estimate of drug-likeness (QED) is 0.683. The second-order valence-electron chi connectivity index (χ2n) is 3.55. The molecule has 1 aromatic rings. The highest BCUT2D eigenvalue weighted by Crippen LogP contribution is 2.22. The van der Waals surface area contributed by atoms with E-state index in [9.17, 15) is 0 Å². The number of aromatic nitrogens is 2. The van der Waals surface area contributed by atoms with Gasteiger partial charge in [-0.25, -0.2) is 4.98 Å². The third-order valence-corrected chi connectivity index (χ3v) is 3.06. The number of alkyl halides is 1. The zero-order valence-electron chi connectivity index (χ0n) is 8.50. The number of hydrogen-bond acceptors (Lipinski definition) is 1. The van der Waals surface area contributed by atoms with Crippen molar-refractivity contribution in [3.8, 4) is 0 Å². The van der Waals surface area contributed by atoms with Gasteiger partial charge in [-0.3, -0.25) is 0 Å². The third kappa shape index (κ3) is 2.25. The largest absolute Gasteiger partial charge is 0.330 e. The average Bonchev–Trinajstić information content (AvgIpc) is 2.62. The van der Waals surface area contributed by atoms with Crippen LogP contribution in [0.25, 0.3) is 0 Å². The lowest BCUT2D eigenvalue weighted by Crippen LogP contribution is -2.14. The van der Waals surface area contributed by atoms with Crippen molar-refractivity contribution in [3.05, 3.63) is 18.2 Å². The first-order chi connectivity index (χ1) is 6.20. The minimum absolute atomic E-state index is 0.487. The molecule has 3 heteroatoms. The van der Waals surface area contributed by atoms with E-state index >= 15 is 0 Å². The predicted octanol–water partition coefficient (Wildman–Crippen LogP) is 3.23. The molecule has 1 aromatic heterocycles. The number of imidazole rings is 1. The van der Waals surface area contributed by atoms with Crippen molar-refractivity contribution in [2.45, 2.75) is 39.1 Å². The highest BCUT2D eigenvalue weighted by molar-refractivity contribution is 6.16. The maximum Gasteiger partial charge on any atom is 0.0951 e. The zero-order valence-corrected chi connectivity index (χ0v) is 9.25. The molecule has 0 amide bonds. The first kappa shape index (κ1) is 10.6. The van der Waals surface area contributed by atoms with E-state index in [1.807, 2.05) is 12.5 Å². The lowest BCUT2D eigenvalue weighted by atomic mass is 10.0. The first-order valence-corrected chi connectivity index (χ1v) is 5.30. The first-order valence-electron chi connectivity index (χ1n) is 4.77. The van der Waals surface area contributed by atoms with Gasteiger partial charge in [0.05, 0.1) is 17.9 Å². The Balaban J connectivity index is 2.81. The van der Waals surface area contributed by atoms with E-state index < -0.39 is 0 Å². The van der Waals surface area contributed by atoms with Gasteiger partial charge < -0.3 is 4.57 Å². The van der Waals surface area contributed by atoms with E-state index in [1.54, 1.807) is 0 Å². The molecule has 2 atom stereocenters. The van der Waals surface area contributed by atoms with Crippen molar-refractivity contribution in [2.24, 2.45) is 5.92 Å². The molecule has 0 aliphatic rings. The minimum atomic E-state index is 0.487. The SMILES string of the molecule is CCC(C)C(C)n1cncc1CCl. The second kappa shape index (κ2) is 4.66. The summed E-state index contributed by atoms with van der Waals surface area (Å²) < 4.78 is 2.17. The number of nitrogens with zero attached hydrogens (tertiary/aromatic N) is 2. The topological polar surface area (TPSA) is 17.8 Å². The minimum Gasteiger partial charge on any atom is -0.330 e. The van der Waals surface area contributed by atoms with Crippen LogP contribution in [0.5, 0.6) is 0 Å². The maximum absolute atomic E-state index is 5.80. The van der Waals surface area contributed by atoms with E-state index in [-0.39, 0.29) is 0 Å². The summed E-state index contributed by atoms with van der Waals surface area (Å²) in [5.41, 5.74) is 1.11. The van der Waals surface area contributed by atoms with Crippen molar-refractivity contribution in [1.29, 1.82) is 0 Å². The monoisotopic (exact) mass is 200 g/mol. The van der Waals surface area contributed by atoms with Crippen molar-refractivity contribution < 1.29 is 0 Å². The van der Waals surface area contributed by atoms with Gasteiger partial charge in [0, 0.05) is 12.2 Å². The van der Waals surface area contributed by atoms with Gasteiger partial charge in [0.25, 0.3) is 0 Å². The average molecular weight is 201 g/mol. The van der Waals surface area contributed by atoms with Gasteiger partial charge in [-0.2, -0.15) is 0 Å². The molecule has 0 radical (unpaired) electrons. The van der Waals surface area contributed by atoms with Crippen LogP contribution in [0.15, 0.2) is 12.5 Å². The molecule has 2 nitrogen and oxygen atoms in total. The smallest absolute Gasteiger partial charge is 0.0951 e. The Bertz CT molecular complexity index is 257. The normalized spacial score (nSPS) is 15.7. The van der Waals surface area contributed by atoms with Crippen molar-refractivity contribution in [3.63, 3.8) is 0 Å². The van der Waals surface area contributed by atoms with Crippen LogP contribution in [0.3, 0.4) is 0 Å². The Morgan fingerprint density at radius 1 is 1.54 bits per heavy atom. The Morgan fingerprint density at radius 3 is 2.77 bits per heavy atom. The maximum atomic E-state index is 5.80. The van der Waals surface area contributed by atoms with Crippen LogP contribution in [0.2, 0.25) is 0 Å².